The number of phenols is 1. The van der Waals surface area contributed by atoms with Gasteiger partial charge in [0.05, 0.1) is 0 Å². The quantitative estimate of drug-likeness (QED) is 0.463. The summed E-state index contributed by atoms with van der Waals surface area (Å²) in [5.74, 6) is 3.03. The fourth-order valence-electron chi connectivity index (χ4n) is 5.25. The lowest BCUT2D eigenvalue weighted by Crippen LogP contribution is -2.46. The lowest BCUT2D eigenvalue weighted by atomic mass is 9.64. The van der Waals surface area contributed by atoms with Gasteiger partial charge in [0.25, 0.3) is 0 Å². The maximum Gasteiger partial charge on any atom is 0.127 e. The molecule has 1 unspecified atom stereocenters. The molecule has 0 aromatic heterocycles. The van der Waals surface area contributed by atoms with Gasteiger partial charge in [-0.3, -0.25) is 0 Å². The van der Waals surface area contributed by atoms with E-state index < -0.39 is 0 Å². The minimum absolute atomic E-state index is 0.162. The van der Waals surface area contributed by atoms with Crippen LogP contribution in [0.1, 0.15) is 88.8 Å². The van der Waals surface area contributed by atoms with Crippen molar-refractivity contribution in [3.8, 4) is 11.5 Å². The maximum absolute atomic E-state index is 11.3. The van der Waals surface area contributed by atoms with Crippen LogP contribution >= 0.6 is 0 Å². The molecule has 3 atom stereocenters. The molecule has 0 amide bonds. The molecule has 1 saturated carbocycles. The predicted molar refractivity (Wildman–Crippen MR) is 109 cm³/mol. The van der Waals surface area contributed by atoms with Crippen LogP contribution in [-0.2, 0) is 12.8 Å². The number of phenolic OH excluding ortho intramolecular Hbond substituents is 1. The molecule has 0 saturated heterocycles. The molecule has 2 aliphatic rings. The van der Waals surface area contributed by atoms with E-state index in [0.717, 1.165) is 42.6 Å². The summed E-state index contributed by atoms with van der Waals surface area (Å²) in [7, 11) is 0. The van der Waals surface area contributed by atoms with Crippen LogP contribution in [0.25, 0.3) is 0 Å². The zero-order chi connectivity index (χ0) is 18.9. The highest BCUT2D eigenvalue weighted by atomic mass is 16.5. The highest BCUT2D eigenvalue weighted by Crippen LogP contribution is 2.56. The van der Waals surface area contributed by atoms with Crippen molar-refractivity contribution in [3.63, 3.8) is 0 Å². The van der Waals surface area contributed by atoms with Crippen molar-refractivity contribution in [1.29, 1.82) is 0 Å². The molecule has 144 valence electrons. The van der Waals surface area contributed by atoms with Crippen molar-refractivity contribution >= 4 is 0 Å². The summed E-state index contributed by atoms with van der Waals surface area (Å²) in [5, 5.41) is 11.3. The Kier molecular flexibility index (Phi) is 5.69. The molecule has 1 fully saturated rings. The van der Waals surface area contributed by atoms with Crippen LogP contribution < -0.4 is 4.74 Å². The van der Waals surface area contributed by atoms with Gasteiger partial charge in [-0.25, -0.2) is 0 Å². The van der Waals surface area contributed by atoms with E-state index in [9.17, 15) is 5.11 Å². The van der Waals surface area contributed by atoms with E-state index in [2.05, 4.69) is 40.3 Å². The van der Waals surface area contributed by atoms with Gasteiger partial charge in [-0.2, -0.15) is 0 Å². The standard InChI is InChI=1S/C24H36O2/c1-6-8-9-11-17-15-21-22(23(25)18(17)10-7-2)19-14-16(3)12-13-20(19)24(4,5)26-21/h7,15-16,19-20,25H,2,6,8-14H2,1,3-5H3/t16?,19-,20-/m1/s1. The van der Waals surface area contributed by atoms with Gasteiger partial charge in [0.1, 0.15) is 17.1 Å². The van der Waals surface area contributed by atoms with Gasteiger partial charge < -0.3 is 9.84 Å². The first-order valence-corrected chi connectivity index (χ1v) is 10.6. The SMILES string of the molecule is C=CCc1c(CCCCC)cc2c(c1O)[C@@H]1CC(C)CC[C@H]1C(C)(C)O2. The maximum atomic E-state index is 11.3. The Balaban J connectivity index is 2.07. The highest BCUT2D eigenvalue weighted by Gasteiger charge is 2.47. The smallest absolute Gasteiger partial charge is 0.127 e. The highest BCUT2D eigenvalue weighted by molar-refractivity contribution is 5.57. The second-order valence-corrected chi connectivity index (χ2v) is 9.06. The molecular formula is C24H36O2. The molecule has 26 heavy (non-hydrogen) atoms. The van der Waals surface area contributed by atoms with Gasteiger partial charge in [-0.15, -0.1) is 6.58 Å². The van der Waals surface area contributed by atoms with Crippen molar-refractivity contribution in [2.75, 3.05) is 0 Å². The van der Waals surface area contributed by atoms with E-state index in [0.29, 0.717) is 23.5 Å². The number of hydrogen-bond donors (Lipinski definition) is 1. The number of fused-ring (bicyclic) bond motifs is 3. The number of hydrogen-bond acceptors (Lipinski definition) is 2. The molecule has 1 aliphatic heterocycles. The molecule has 0 radical (unpaired) electrons. The van der Waals surface area contributed by atoms with Crippen LogP contribution in [0.2, 0.25) is 0 Å². The van der Waals surface area contributed by atoms with E-state index >= 15 is 0 Å². The minimum atomic E-state index is -0.162. The Hall–Kier alpha value is -1.44. The lowest BCUT2D eigenvalue weighted by Gasteiger charge is -2.49. The van der Waals surface area contributed by atoms with E-state index in [-0.39, 0.29) is 5.60 Å². The van der Waals surface area contributed by atoms with Crippen LogP contribution in [0.4, 0.5) is 0 Å². The number of benzene rings is 1. The fourth-order valence-corrected chi connectivity index (χ4v) is 5.25. The summed E-state index contributed by atoms with van der Waals surface area (Å²) in [6.45, 7) is 13.0. The zero-order valence-electron chi connectivity index (χ0n) is 17.1. The van der Waals surface area contributed by atoms with Crippen molar-refractivity contribution in [3.05, 3.63) is 35.4 Å². The Morgan fingerprint density at radius 2 is 2.08 bits per heavy atom. The number of allylic oxidation sites excluding steroid dienone is 1. The molecule has 1 aromatic rings. The second kappa shape index (κ2) is 7.66. The Bertz CT molecular complexity index is 659. The third-order valence-corrected chi connectivity index (χ3v) is 6.65. The molecular weight excluding hydrogens is 320 g/mol. The predicted octanol–water partition coefficient (Wildman–Crippen LogP) is 6.54. The Morgan fingerprint density at radius 3 is 2.77 bits per heavy atom. The van der Waals surface area contributed by atoms with Crippen molar-refractivity contribution in [2.24, 2.45) is 11.8 Å². The van der Waals surface area contributed by atoms with Crippen molar-refractivity contribution in [2.45, 2.75) is 90.6 Å². The lowest BCUT2D eigenvalue weighted by molar-refractivity contribution is -0.0146. The van der Waals surface area contributed by atoms with Crippen molar-refractivity contribution in [1.82, 2.24) is 0 Å². The fraction of sp³-hybridized carbons (Fsp3) is 0.667. The van der Waals surface area contributed by atoms with E-state index in [1.54, 1.807) is 0 Å². The summed E-state index contributed by atoms with van der Waals surface area (Å²) in [5.41, 5.74) is 3.24. The monoisotopic (exact) mass is 356 g/mol. The molecule has 2 heteroatoms. The van der Waals surface area contributed by atoms with Gasteiger partial charge >= 0.3 is 0 Å². The molecule has 2 nitrogen and oxygen atoms in total. The van der Waals surface area contributed by atoms with Crippen LogP contribution in [0, 0.1) is 11.8 Å². The largest absolute Gasteiger partial charge is 0.507 e. The van der Waals surface area contributed by atoms with Crippen LogP contribution in [0.5, 0.6) is 11.5 Å². The topological polar surface area (TPSA) is 29.5 Å². The number of aromatic hydroxyl groups is 1. The summed E-state index contributed by atoms with van der Waals surface area (Å²) in [4.78, 5) is 0. The molecule has 3 rings (SSSR count). The van der Waals surface area contributed by atoms with Crippen LogP contribution in [-0.4, -0.2) is 10.7 Å². The summed E-state index contributed by atoms with van der Waals surface area (Å²) < 4.78 is 6.50. The van der Waals surface area contributed by atoms with E-state index in [1.807, 2.05) is 6.08 Å². The summed E-state index contributed by atoms with van der Waals surface area (Å²) in [6.07, 6.45) is 10.8. The normalized spacial score (nSPS) is 26.5. The average Bonchev–Trinajstić information content (AvgIpc) is 2.57. The first kappa shape index (κ1) is 19.3. The third kappa shape index (κ3) is 3.52. The number of rotatable bonds is 6. The van der Waals surface area contributed by atoms with Crippen LogP contribution in [0.3, 0.4) is 0 Å². The Labute approximate surface area is 159 Å². The van der Waals surface area contributed by atoms with Gasteiger partial charge in [0, 0.05) is 17.0 Å². The molecule has 1 N–H and O–H groups in total. The van der Waals surface area contributed by atoms with Gasteiger partial charge in [-0.05, 0) is 69.4 Å². The van der Waals surface area contributed by atoms with Gasteiger partial charge in [0.15, 0.2) is 0 Å². The zero-order valence-corrected chi connectivity index (χ0v) is 17.1. The minimum Gasteiger partial charge on any atom is -0.507 e. The first-order chi connectivity index (χ1) is 12.4. The summed E-state index contributed by atoms with van der Waals surface area (Å²) >= 11 is 0. The van der Waals surface area contributed by atoms with Gasteiger partial charge in [-0.1, -0.05) is 39.2 Å². The average molecular weight is 357 g/mol. The molecule has 1 aromatic carbocycles. The number of aryl methyl sites for hydroxylation is 1. The molecule has 0 bridgehead atoms. The molecule has 1 heterocycles. The van der Waals surface area contributed by atoms with Crippen molar-refractivity contribution < 1.29 is 9.84 Å². The Morgan fingerprint density at radius 1 is 1.31 bits per heavy atom. The third-order valence-electron chi connectivity index (χ3n) is 6.65. The first-order valence-electron chi connectivity index (χ1n) is 10.6. The summed E-state index contributed by atoms with van der Waals surface area (Å²) in [6, 6.07) is 2.24. The van der Waals surface area contributed by atoms with Gasteiger partial charge in [0.2, 0.25) is 0 Å². The number of ether oxygens (including phenoxy) is 1. The molecule has 1 aliphatic carbocycles. The van der Waals surface area contributed by atoms with E-state index in [1.165, 1.54) is 31.2 Å². The number of unbranched alkanes of at least 4 members (excludes halogenated alkanes) is 2. The molecule has 0 spiro atoms. The van der Waals surface area contributed by atoms with Crippen LogP contribution in [0.15, 0.2) is 18.7 Å². The van der Waals surface area contributed by atoms with E-state index in [4.69, 9.17) is 4.74 Å². The second-order valence-electron chi connectivity index (χ2n) is 9.06.